The number of methoxy groups -OCH3 is 2. The molecule has 1 N–H and O–H groups in total. The van der Waals surface area contributed by atoms with Crippen molar-refractivity contribution >= 4 is 5.91 Å². The maximum atomic E-state index is 12.9. The zero-order chi connectivity index (χ0) is 18.5. The summed E-state index contributed by atoms with van der Waals surface area (Å²) >= 11 is 0. The quantitative estimate of drug-likeness (QED) is 0.732. The molecule has 3 aromatic rings. The molecule has 7 heteroatoms. The van der Waals surface area contributed by atoms with Gasteiger partial charge in [0.15, 0.2) is 29.3 Å². The maximum absolute atomic E-state index is 12.9. The first-order valence-corrected chi connectivity index (χ1v) is 7.81. The van der Waals surface area contributed by atoms with E-state index >= 15 is 0 Å². The molecule has 3 rings (SSSR count). The van der Waals surface area contributed by atoms with Crippen LogP contribution in [0.25, 0.3) is 11.3 Å². The van der Waals surface area contributed by atoms with Crippen LogP contribution in [0.15, 0.2) is 53.3 Å². The Kier molecular flexibility index (Phi) is 5.17. The van der Waals surface area contributed by atoms with E-state index < -0.39 is 5.91 Å². The van der Waals surface area contributed by atoms with Gasteiger partial charge in [-0.2, -0.15) is 0 Å². The summed E-state index contributed by atoms with van der Waals surface area (Å²) in [6.45, 7) is 0.247. The molecule has 1 aromatic heterocycles. The fourth-order valence-electron chi connectivity index (χ4n) is 2.46. The predicted octanol–water partition coefficient (Wildman–Crippen LogP) is 3.43. The van der Waals surface area contributed by atoms with Crippen molar-refractivity contribution in [3.63, 3.8) is 0 Å². The highest BCUT2D eigenvalue weighted by atomic mass is 19.1. The largest absolute Gasteiger partial charge is 0.493 e. The van der Waals surface area contributed by atoms with E-state index in [0.29, 0.717) is 22.8 Å². The Hall–Kier alpha value is -3.35. The average molecular weight is 356 g/mol. The molecule has 0 saturated heterocycles. The third-order valence-corrected chi connectivity index (χ3v) is 3.79. The second kappa shape index (κ2) is 7.69. The molecule has 134 valence electrons. The molecule has 0 aliphatic rings. The molecule has 1 heterocycles. The van der Waals surface area contributed by atoms with Gasteiger partial charge in [0.25, 0.3) is 5.91 Å². The minimum Gasteiger partial charge on any atom is -0.493 e. The Morgan fingerprint density at radius 3 is 2.54 bits per heavy atom. The van der Waals surface area contributed by atoms with E-state index in [0.717, 1.165) is 5.56 Å². The number of nitrogens with zero attached hydrogens (tertiary/aromatic N) is 1. The van der Waals surface area contributed by atoms with E-state index in [2.05, 4.69) is 10.3 Å². The van der Waals surface area contributed by atoms with Crippen LogP contribution in [-0.2, 0) is 6.54 Å². The zero-order valence-electron chi connectivity index (χ0n) is 14.3. The van der Waals surface area contributed by atoms with Gasteiger partial charge >= 0.3 is 0 Å². The van der Waals surface area contributed by atoms with Crippen molar-refractivity contribution in [2.24, 2.45) is 0 Å². The number of carbonyl (C=O) groups excluding carboxylic acids is 1. The molecule has 2 aromatic carbocycles. The van der Waals surface area contributed by atoms with Gasteiger partial charge in [0.1, 0.15) is 5.82 Å². The SMILES string of the molecule is COc1ccc(-c2ocnc2C(=O)NCc2ccc(F)cc2)cc1OC. The van der Waals surface area contributed by atoms with Crippen molar-refractivity contribution in [2.75, 3.05) is 14.2 Å². The molecule has 0 fully saturated rings. The summed E-state index contributed by atoms with van der Waals surface area (Å²) in [6, 6.07) is 11.1. The van der Waals surface area contributed by atoms with E-state index in [4.69, 9.17) is 13.9 Å². The third-order valence-electron chi connectivity index (χ3n) is 3.79. The normalized spacial score (nSPS) is 10.4. The van der Waals surface area contributed by atoms with Crippen molar-refractivity contribution < 1.29 is 23.1 Å². The van der Waals surface area contributed by atoms with Crippen LogP contribution >= 0.6 is 0 Å². The van der Waals surface area contributed by atoms with Gasteiger partial charge in [0.2, 0.25) is 0 Å². The molecular formula is C19H17FN2O4. The fourth-order valence-corrected chi connectivity index (χ4v) is 2.46. The number of amides is 1. The van der Waals surface area contributed by atoms with E-state index in [1.54, 1.807) is 37.4 Å². The number of halogens is 1. The molecule has 0 aliphatic heterocycles. The highest BCUT2D eigenvalue weighted by Crippen LogP contribution is 2.33. The Bertz CT molecular complexity index is 906. The van der Waals surface area contributed by atoms with Crippen molar-refractivity contribution in [1.82, 2.24) is 10.3 Å². The van der Waals surface area contributed by atoms with E-state index in [1.807, 2.05) is 0 Å². The summed E-state index contributed by atoms with van der Waals surface area (Å²) < 4.78 is 28.8. The number of oxazole rings is 1. The minimum absolute atomic E-state index is 0.152. The lowest BCUT2D eigenvalue weighted by Crippen LogP contribution is -2.23. The van der Waals surface area contributed by atoms with Crippen LogP contribution in [0.4, 0.5) is 4.39 Å². The summed E-state index contributed by atoms with van der Waals surface area (Å²) in [4.78, 5) is 16.5. The standard InChI is InChI=1S/C19H17FN2O4/c1-24-15-8-5-13(9-16(15)25-2)18-17(22-11-26-18)19(23)21-10-12-3-6-14(20)7-4-12/h3-9,11H,10H2,1-2H3,(H,21,23). The highest BCUT2D eigenvalue weighted by molar-refractivity contribution is 5.97. The van der Waals surface area contributed by atoms with Gasteiger partial charge in [-0.3, -0.25) is 4.79 Å². The number of nitrogens with one attached hydrogen (secondary N) is 1. The lowest BCUT2D eigenvalue weighted by Gasteiger charge is -2.09. The Morgan fingerprint density at radius 2 is 1.85 bits per heavy atom. The molecule has 0 bridgehead atoms. The van der Waals surface area contributed by atoms with Crippen LogP contribution < -0.4 is 14.8 Å². The van der Waals surface area contributed by atoms with Gasteiger partial charge in [-0.1, -0.05) is 12.1 Å². The predicted molar refractivity (Wildman–Crippen MR) is 92.6 cm³/mol. The van der Waals surface area contributed by atoms with Crippen LogP contribution in [0.5, 0.6) is 11.5 Å². The lowest BCUT2D eigenvalue weighted by molar-refractivity contribution is 0.0946. The van der Waals surface area contributed by atoms with Gasteiger partial charge in [-0.15, -0.1) is 0 Å². The molecule has 0 aliphatic carbocycles. The summed E-state index contributed by atoms with van der Waals surface area (Å²) in [7, 11) is 3.07. The van der Waals surface area contributed by atoms with Crippen molar-refractivity contribution in [3.8, 4) is 22.8 Å². The number of carbonyl (C=O) groups is 1. The van der Waals surface area contributed by atoms with Crippen LogP contribution in [0.3, 0.4) is 0 Å². The van der Waals surface area contributed by atoms with Crippen LogP contribution in [0.1, 0.15) is 16.1 Å². The summed E-state index contributed by atoms with van der Waals surface area (Å²) in [6.07, 6.45) is 1.21. The number of rotatable bonds is 6. The van der Waals surface area contributed by atoms with Crippen molar-refractivity contribution in [2.45, 2.75) is 6.54 Å². The van der Waals surface area contributed by atoms with Crippen LogP contribution in [0, 0.1) is 5.82 Å². The maximum Gasteiger partial charge on any atom is 0.274 e. The topological polar surface area (TPSA) is 73.6 Å². The third kappa shape index (κ3) is 3.66. The number of benzene rings is 2. The van der Waals surface area contributed by atoms with Gasteiger partial charge in [0.05, 0.1) is 14.2 Å². The molecule has 6 nitrogen and oxygen atoms in total. The summed E-state index contributed by atoms with van der Waals surface area (Å²) in [5, 5.41) is 2.74. The van der Waals surface area contributed by atoms with Crippen LogP contribution in [0.2, 0.25) is 0 Å². The summed E-state index contributed by atoms with van der Waals surface area (Å²) in [5.41, 5.74) is 1.56. The molecule has 0 atom stereocenters. The van der Waals surface area contributed by atoms with E-state index in [1.165, 1.54) is 25.6 Å². The van der Waals surface area contributed by atoms with Crippen LogP contribution in [-0.4, -0.2) is 25.1 Å². The monoisotopic (exact) mass is 356 g/mol. The molecule has 0 saturated carbocycles. The first kappa shape index (κ1) is 17.5. The van der Waals surface area contributed by atoms with Gasteiger partial charge in [0, 0.05) is 12.1 Å². The number of ether oxygens (including phenoxy) is 2. The fraction of sp³-hybridized carbons (Fsp3) is 0.158. The van der Waals surface area contributed by atoms with Crippen molar-refractivity contribution in [3.05, 3.63) is 65.9 Å². The molecule has 0 unspecified atom stereocenters. The van der Waals surface area contributed by atoms with E-state index in [9.17, 15) is 9.18 Å². The zero-order valence-corrected chi connectivity index (χ0v) is 14.3. The first-order chi connectivity index (χ1) is 12.6. The Labute approximate surface area is 149 Å². The Balaban J connectivity index is 1.79. The van der Waals surface area contributed by atoms with E-state index in [-0.39, 0.29) is 18.1 Å². The van der Waals surface area contributed by atoms with Gasteiger partial charge in [-0.25, -0.2) is 9.37 Å². The van der Waals surface area contributed by atoms with Crippen molar-refractivity contribution in [1.29, 1.82) is 0 Å². The highest BCUT2D eigenvalue weighted by Gasteiger charge is 2.19. The molecule has 1 amide bonds. The molecular weight excluding hydrogens is 339 g/mol. The Morgan fingerprint density at radius 1 is 1.12 bits per heavy atom. The number of hydrogen-bond acceptors (Lipinski definition) is 5. The second-order valence-electron chi connectivity index (χ2n) is 5.41. The molecule has 0 spiro atoms. The first-order valence-electron chi connectivity index (χ1n) is 7.81. The average Bonchev–Trinajstić information content (AvgIpc) is 3.16. The lowest BCUT2D eigenvalue weighted by atomic mass is 10.1. The molecule has 0 radical (unpaired) electrons. The summed E-state index contributed by atoms with van der Waals surface area (Å²) in [5.74, 6) is 0.680. The smallest absolute Gasteiger partial charge is 0.274 e. The van der Waals surface area contributed by atoms with Gasteiger partial charge in [-0.05, 0) is 35.9 Å². The second-order valence-corrected chi connectivity index (χ2v) is 5.41. The minimum atomic E-state index is -0.396. The number of aromatic nitrogens is 1. The molecule has 26 heavy (non-hydrogen) atoms. The number of hydrogen-bond donors (Lipinski definition) is 1. The van der Waals surface area contributed by atoms with Gasteiger partial charge < -0.3 is 19.2 Å².